The second kappa shape index (κ2) is 5.68. The fourth-order valence-corrected chi connectivity index (χ4v) is 1.41. The van der Waals surface area contributed by atoms with Crippen LogP contribution < -0.4 is 4.90 Å². The van der Waals surface area contributed by atoms with Crippen molar-refractivity contribution in [3.8, 4) is 0 Å². The number of pyridine rings is 1. The number of amides is 2. The number of nitrogens with zero attached hydrogens (tertiary/aromatic N) is 2. The minimum Gasteiger partial charge on any atom is -0.464 e. The van der Waals surface area contributed by atoms with E-state index in [9.17, 15) is 14.0 Å². The van der Waals surface area contributed by atoms with Gasteiger partial charge in [-0.15, -0.1) is 0 Å². The van der Waals surface area contributed by atoms with Crippen molar-refractivity contribution in [2.24, 2.45) is 0 Å². The molecule has 0 spiro atoms. The zero-order valence-electron chi connectivity index (χ0n) is 10.5. The first kappa shape index (κ1) is 15.6. The van der Waals surface area contributed by atoms with Gasteiger partial charge in [0.1, 0.15) is 5.60 Å². The zero-order valence-corrected chi connectivity index (χ0v) is 12.6. The maximum atomic E-state index is 13.3. The number of carbonyl (C=O) groups is 2. The predicted molar refractivity (Wildman–Crippen MR) is 73.6 cm³/mol. The highest BCUT2D eigenvalue weighted by molar-refractivity contribution is 14.1. The van der Waals surface area contributed by atoms with Gasteiger partial charge in [-0.25, -0.2) is 14.6 Å². The summed E-state index contributed by atoms with van der Waals surface area (Å²) in [7, 11) is 0. The second-order valence-electron chi connectivity index (χ2n) is 4.54. The number of halogens is 2. The molecule has 0 radical (unpaired) electrons. The number of rotatable bonds is 1. The number of aromatic nitrogens is 1. The summed E-state index contributed by atoms with van der Waals surface area (Å²) in [4.78, 5) is 26.5. The molecule has 0 bridgehead atoms. The third-order valence-corrected chi connectivity index (χ3v) is 2.59. The Bertz CT molecular complexity index is 516. The molecule has 0 atom stereocenters. The lowest BCUT2D eigenvalue weighted by molar-refractivity contribution is 0.0581. The van der Waals surface area contributed by atoms with Crippen molar-refractivity contribution in [3.05, 3.63) is 21.7 Å². The van der Waals surface area contributed by atoms with Crippen LogP contribution in [0.25, 0.3) is 0 Å². The number of carboxylic acid groups (broad SMARTS) is 1. The van der Waals surface area contributed by atoms with Crippen LogP contribution in [-0.4, -0.2) is 27.9 Å². The van der Waals surface area contributed by atoms with Crippen molar-refractivity contribution in [3.63, 3.8) is 0 Å². The van der Waals surface area contributed by atoms with E-state index in [0.29, 0.717) is 0 Å². The molecule has 0 unspecified atom stereocenters. The van der Waals surface area contributed by atoms with E-state index in [1.165, 1.54) is 12.1 Å². The summed E-state index contributed by atoms with van der Waals surface area (Å²) in [6, 6.07) is 2.54. The van der Waals surface area contributed by atoms with Gasteiger partial charge in [0.15, 0.2) is 5.82 Å². The van der Waals surface area contributed by atoms with E-state index in [1.54, 1.807) is 43.4 Å². The molecule has 1 rings (SSSR count). The van der Waals surface area contributed by atoms with Gasteiger partial charge in [-0.3, -0.25) is 0 Å². The second-order valence-corrected chi connectivity index (χ2v) is 5.70. The van der Waals surface area contributed by atoms with Crippen molar-refractivity contribution in [2.45, 2.75) is 26.4 Å². The summed E-state index contributed by atoms with van der Waals surface area (Å²) < 4.78 is 18.5. The molecular weight excluding hydrogens is 370 g/mol. The maximum Gasteiger partial charge on any atom is 0.425 e. The number of hydrogen-bond donors (Lipinski definition) is 1. The van der Waals surface area contributed by atoms with Crippen molar-refractivity contribution in [1.29, 1.82) is 0 Å². The molecule has 6 nitrogen and oxygen atoms in total. The van der Waals surface area contributed by atoms with Crippen molar-refractivity contribution in [2.75, 3.05) is 4.90 Å². The Morgan fingerprint density at radius 1 is 1.42 bits per heavy atom. The average molecular weight is 382 g/mol. The molecule has 104 valence electrons. The molecule has 0 fully saturated rings. The van der Waals surface area contributed by atoms with Crippen LogP contribution in [0.2, 0.25) is 0 Å². The van der Waals surface area contributed by atoms with Crippen LogP contribution >= 0.6 is 22.6 Å². The van der Waals surface area contributed by atoms with Crippen LogP contribution in [0.15, 0.2) is 12.1 Å². The minimum atomic E-state index is -1.60. The molecule has 1 aromatic heterocycles. The van der Waals surface area contributed by atoms with Crippen molar-refractivity contribution < 1.29 is 23.8 Å². The van der Waals surface area contributed by atoms with Gasteiger partial charge < -0.3 is 9.84 Å². The number of carbonyl (C=O) groups excluding carboxylic acids is 1. The highest BCUT2D eigenvalue weighted by Gasteiger charge is 2.30. The van der Waals surface area contributed by atoms with Crippen LogP contribution in [0.1, 0.15) is 20.8 Å². The lowest BCUT2D eigenvalue weighted by Crippen LogP contribution is -2.40. The molecule has 1 heterocycles. The predicted octanol–water partition coefficient (Wildman–Crippen LogP) is 3.24. The van der Waals surface area contributed by atoms with Crippen LogP contribution in [0.5, 0.6) is 0 Å². The molecule has 0 aromatic carbocycles. The molecule has 1 aromatic rings. The van der Waals surface area contributed by atoms with Gasteiger partial charge in [0.2, 0.25) is 5.95 Å². The molecule has 0 aliphatic rings. The summed E-state index contributed by atoms with van der Waals surface area (Å²) in [6.45, 7) is 4.77. The van der Waals surface area contributed by atoms with E-state index in [0.717, 1.165) is 0 Å². The summed E-state index contributed by atoms with van der Waals surface area (Å²) in [5.41, 5.74) is -0.869. The molecule has 0 aliphatic carbocycles. The Hall–Kier alpha value is -1.45. The van der Waals surface area contributed by atoms with E-state index in [2.05, 4.69) is 4.98 Å². The highest BCUT2D eigenvalue weighted by atomic mass is 127. The van der Waals surface area contributed by atoms with E-state index < -0.39 is 23.7 Å². The van der Waals surface area contributed by atoms with Gasteiger partial charge in [0.05, 0.1) is 3.57 Å². The van der Waals surface area contributed by atoms with Crippen molar-refractivity contribution >= 4 is 40.6 Å². The lowest BCUT2D eigenvalue weighted by atomic mass is 10.2. The Morgan fingerprint density at radius 3 is 2.42 bits per heavy atom. The smallest absolute Gasteiger partial charge is 0.425 e. The van der Waals surface area contributed by atoms with E-state index in [4.69, 9.17) is 9.84 Å². The third kappa shape index (κ3) is 4.30. The quantitative estimate of drug-likeness (QED) is 0.596. The van der Waals surface area contributed by atoms with Crippen molar-refractivity contribution in [1.82, 2.24) is 4.98 Å². The zero-order chi connectivity index (χ0) is 14.8. The number of imide groups is 1. The van der Waals surface area contributed by atoms with Crippen LogP contribution in [0, 0.1) is 9.52 Å². The van der Waals surface area contributed by atoms with Gasteiger partial charge in [-0.2, -0.15) is 9.29 Å². The Kier molecular flexibility index (Phi) is 4.66. The Labute approximate surface area is 122 Å². The molecule has 19 heavy (non-hydrogen) atoms. The first-order valence-electron chi connectivity index (χ1n) is 5.20. The third-order valence-electron chi connectivity index (χ3n) is 1.78. The fourth-order valence-electron chi connectivity index (χ4n) is 1.11. The standard InChI is InChI=1S/C11H12FIN2O4/c1-11(2,3)19-10(18)15(9(16)17)7-5-4-6(13)8(12)14-7/h4-5H,1-3H3,(H,16,17). The van der Waals surface area contributed by atoms with Crippen LogP contribution in [0.4, 0.5) is 19.8 Å². The van der Waals surface area contributed by atoms with Gasteiger partial charge in [0, 0.05) is 0 Å². The molecule has 0 aliphatic heterocycles. The monoisotopic (exact) mass is 382 g/mol. The van der Waals surface area contributed by atoms with Gasteiger partial charge in [-0.1, -0.05) is 0 Å². The SMILES string of the molecule is CC(C)(C)OC(=O)N(C(=O)O)c1ccc(I)c(F)n1. The first-order valence-corrected chi connectivity index (χ1v) is 6.28. The lowest BCUT2D eigenvalue weighted by Gasteiger charge is -2.23. The number of anilines is 1. The van der Waals surface area contributed by atoms with E-state index in [1.807, 2.05) is 0 Å². The van der Waals surface area contributed by atoms with Crippen LogP contribution in [-0.2, 0) is 4.74 Å². The normalized spacial score (nSPS) is 11.0. The van der Waals surface area contributed by atoms with E-state index in [-0.39, 0.29) is 14.3 Å². The maximum absolute atomic E-state index is 13.3. The van der Waals surface area contributed by atoms with Crippen LogP contribution in [0.3, 0.4) is 0 Å². The molecule has 0 saturated carbocycles. The molecule has 8 heteroatoms. The fraction of sp³-hybridized carbons (Fsp3) is 0.364. The molecule has 0 saturated heterocycles. The summed E-state index contributed by atoms with van der Waals surface area (Å²) in [6.07, 6.45) is -2.73. The highest BCUT2D eigenvalue weighted by Crippen LogP contribution is 2.19. The Morgan fingerprint density at radius 2 is 2.00 bits per heavy atom. The molecule has 1 N–H and O–H groups in total. The summed E-state index contributed by atoms with van der Waals surface area (Å²) >= 11 is 1.70. The average Bonchev–Trinajstić information content (AvgIpc) is 2.20. The molecule has 2 amide bonds. The van der Waals surface area contributed by atoms with E-state index >= 15 is 0 Å². The van der Waals surface area contributed by atoms with Gasteiger partial charge in [-0.05, 0) is 55.5 Å². The summed E-state index contributed by atoms with van der Waals surface area (Å²) in [5.74, 6) is -1.20. The largest absolute Gasteiger partial charge is 0.464 e. The minimum absolute atomic E-state index is 0.218. The van der Waals surface area contributed by atoms with Gasteiger partial charge in [0.25, 0.3) is 0 Å². The Balaban J connectivity index is 3.10. The van der Waals surface area contributed by atoms with Gasteiger partial charge >= 0.3 is 12.2 Å². The topological polar surface area (TPSA) is 79.7 Å². The number of ether oxygens (including phenoxy) is 1. The number of hydrogen-bond acceptors (Lipinski definition) is 4. The molecular formula is C11H12FIN2O4. The summed E-state index contributed by atoms with van der Waals surface area (Å²) in [5, 5.41) is 9.01. The first-order chi connectivity index (χ1) is 8.61.